The van der Waals surface area contributed by atoms with Crippen LogP contribution >= 0.6 is 23.4 Å². The number of para-hydroxylation sites is 1. The average molecular weight is 502 g/mol. The number of aromatic nitrogens is 1. The van der Waals surface area contributed by atoms with E-state index in [1.165, 1.54) is 11.8 Å². The Morgan fingerprint density at radius 3 is 2.57 bits per heavy atom. The van der Waals surface area contributed by atoms with E-state index < -0.39 is 5.25 Å². The predicted octanol–water partition coefficient (Wildman–Crippen LogP) is 5.44. The first-order chi connectivity index (χ1) is 17.1. The second-order valence-electron chi connectivity index (χ2n) is 7.83. The van der Waals surface area contributed by atoms with E-state index in [9.17, 15) is 9.59 Å². The lowest BCUT2D eigenvalue weighted by atomic mass is 10.1. The summed E-state index contributed by atoms with van der Waals surface area (Å²) in [4.78, 5) is 28.2. The Balaban J connectivity index is 1.30. The molecular formula is C26H20ClN5O2S. The SMILES string of the molecule is O=C(C[C@@H]1S/C(=N\N=C/c2c(-c3ccccc3)[nH]c3ccccc23)NC1=O)Nc1ccc(Cl)cc1. The lowest BCUT2D eigenvalue weighted by Crippen LogP contribution is -2.28. The number of hydrogen-bond donors (Lipinski definition) is 3. The minimum atomic E-state index is -0.579. The van der Waals surface area contributed by atoms with Crippen molar-refractivity contribution >= 4 is 63.1 Å². The molecule has 7 nitrogen and oxygen atoms in total. The fraction of sp³-hybridized carbons (Fsp3) is 0.0769. The highest BCUT2D eigenvalue weighted by Crippen LogP contribution is 2.29. The van der Waals surface area contributed by atoms with Gasteiger partial charge in [-0.3, -0.25) is 9.59 Å². The van der Waals surface area contributed by atoms with E-state index in [0.29, 0.717) is 15.9 Å². The normalized spacial score (nSPS) is 16.8. The molecule has 1 aliphatic heterocycles. The van der Waals surface area contributed by atoms with Crippen molar-refractivity contribution in [2.24, 2.45) is 10.2 Å². The Kier molecular flexibility index (Phi) is 6.65. The zero-order valence-electron chi connectivity index (χ0n) is 18.4. The Morgan fingerprint density at radius 1 is 1.03 bits per heavy atom. The molecule has 5 rings (SSSR count). The summed E-state index contributed by atoms with van der Waals surface area (Å²) in [6.07, 6.45) is 1.70. The predicted molar refractivity (Wildman–Crippen MR) is 143 cm³/mol. The lowest BCUT2D eigenvalue weighted by molar-refractivity contribution is -0.122. The van der Waals surface area contributed by atoms with E-state index in [4.69, 9.17) is 11.6 Å². The van der Waals surface area contributed by atoms with Crippen molar-refractivity contribution in [1.82, 2.24) is 10.3 Å². The zero-order valence-corrected chi connectivity index (χ0v) is 19.9. The van der Waals surface area contributed by atoms with Crippen molar-refractivity contribution in [2.75, 3.05) is 5.32 Å². The molecule has 174 valence electrons. The van der Waals surface area contributed by atoms with E-state index in [1.807, 2.05) is 54.6 Å². The van der Waals surface area contributed by atoms with Crippen LogP contribution in [0, 0.1) is 0 Å². The number of halogens is 1. The van der Waals surface area contributed by atoms with Gasteiger partial charge in [-0.25, -0.2) is 0 Å². The minimum Gasteiger partial charge on any atom is -0.354 e. The fourth-order valence-corrected chi connectivity index (χ4v) is 4.82. The largest absolute Gasteiger partial charge is 0.354 e. The number of benzene rings is 3. The molecular weight excluding hydrogens is 482 g/mol. The summed E-state index contributed by atoms with van der Waals surface area (Å²) in [5.41, 5.74) is 4.50. The number of carbonyl (C=O) groups excluding carboxylic acids is 2. The van der Waals surface area contributed by atoms with Gasteiger partial charge < -0.3 is 15.6 Å². The van der Waals surface area contributed by atoms with Gasteiger partial charge in [-0.1, -0.05) is 71.9 Å². The summed E-state index contributed by atoms with van der Waals surface area (Å²) in [7, 11) is 0. The number of amides is 2. The fourth-order valence-electron chi connectivity index (χ4n) is 3.77. The highest BCUT2D eigenvalue weighted by molar-refractivity contribution is 8.15. The van der Waals surface area contributed by atoms with Crippen LogP contribution in [0.5, 0.6) is 0 Å². The molecule has 2 amide bonds. The van der Waals surface area contributed by atoms with Crippen LogP contribution in [0.15, 0.2) is 89.1 Å². The number of hydrogen-bond acceptors (Lipinski definition) is 5. The van der Waals surface area contributed by atoms with E-state index in [0.717, 1.165) is 27.7 Å². The van der Waals surface area contributed by atoms with Crippen molar-refractivity contribution < 1.29 is 9.59 Å². The topological polar surface area (TPSA) is 98.7 Å². The average Bonchev–Trinajstić information content (AvgIpc) is 3.41. The second kappa shape index (κ2) is 10.2. The third-order valence-electron chi connectivity index (χ3n) is 5.42. The Morgan fingerprint density at radius 2 is 1.77 bits per heavy atom. The summed E-state index contributed by atoms with van der Waals surface area (Å²) < 4.78 is 0. The van der Waals surface area contributed by atoms with Gasteiger partial charge in [0, 0.05) is 33.6 Å². The number of nitrogens with one attached hydrogen (secondary N) is 3. The van der Waals surface area contributed by atoms with Crippen molar-refractivity contribution in [1.29, 1.82) is 0 Å². The molecule has 1 aromatic heterocycles. The van der Waals surface area contributed by atoms with E-state index in [2.05, 4.69) is 25.8 Å². The van der Waals surface area contributed by atoms with Gasteiger partial charge in [0.25, 0.3) is 0 Å². The molecule has 4 aromatic rings. The molecule has 3 aromatic carbocycles. The molecule has 1 atom stereocenters. The molecule has 0 aliphatic carbocycles. The summed E-state index contributed by atoms with van der Waals surface area (Å²) in [6, 6.07) is 24.8. The highest BCUT2D eigenvalue weighted by Gasteiger charge is 2.32. The van der Waals surface area contributed by atoms with Gasteiger partial charge in [-0.05, 0) is 35.9 Å². The monoisotopic (exact) mass is 501 g/mol. The van der Waals surface area contributed by atoms with Crippen molar-refractivity contribution in [2.45, 2.75) is 11.7 Å². The molecule has 0 bridgehead atoms. The molecule has 1 saturated heterocycles. The molecule has 1 fully saturated rings. The van der Waals surface area contributed by atoms with Crippen molar-refractivity contribution in [3.8, 4) is 11.3 Å². The van der Waals surface area contributed by atoms with Gasteiger partial charge in [-0.15, -0.1) is 5.10 Å². The number of fused-ring (bicyclic) bond motifs is 1. The van der Waals surface area contributed by atoms with Gasteiger partial charge >= 0.3 is 0 Å². The molecule has 0 saturated carbocycles. The third kappa shape index (κ3) is 5.29. The summed E-state index contributed by atoms with van der Waals surface area (Å²) in [5, 5.41) is 15.3. The number of carbonyl (C=O) groups is 2. The van der Waals surface area contributed by atoms with Crippen molar-refractivity contribution in [3.05, 3.63) is 89.4 Å². The Labute approximate surface area is 210 Å². The molecule has 35 heavy (non-hydrogen) atoms. The van der Waals surface area contributed by atoms with Gasteiger partial charge in [0.1, 0.15) is 5.25 Å². The minimum absolute atomic E-state index is 0.0163. The number of thioether (sulfide) groups is 1. The van der Waals surface area contributed by atoms with Gasteiger partial charge in [0.15, 0.2) is 5.17 Å². The van der Waals surface area contributed by atoms with E-state index in [1.54, 1.807) is 30.5 Å². The molecule has 0 radical (unpaired) electrons. The molecule has 2 heterocycles. The molecule has 0 spiro atoms. The first-order valence-electron chi connectivity index (χ1n) is 10.9. The van der Waals surface area contributed by atoms with E-state index in [-0.39, 0.29) is 18.2 Å². The van der Waals surface area contributed by atoms with Crippen LogP contribution in [0.25, 0.3) is 22.2 Å². The van der Waals surface area contributed by atoms with Crippen LogP contribution < -0.4 is 10.6 Å². The quantitative estimate of drug-likeness (QED) is 0.242. The van der Waals surface area contributed by atoms with Crippen LogP contribution in [0.1, 0.15) is 12.0 Å². The van der Waals surface area contributed by atoms with Gasteiger partial charge in [0.2, 0.25) is 11.8 Å². The Bertz CT molecular complexity index is 1450. The third-order valence-corrected chi connectivity index (χ3v) is 6.74. The van der Waals surface area contributed by atoms with Crippen LogP contribution in [0.3, 0.4) is 0 Å². The maximum atomic E-state index is 12.4. The van der Waals surface area contributed by atoms with Gasteiger partial charge in [-0.2, -0.15) is 5.10 Å². The zero-order chi connectivity index (χ0) is 24.2. The summed E-state index contributed by atoms with van der Waals surface area (Å²) in [5.74, 6) is -0.539. The molecule has 9 heteroatoms. The smallest absolute Gasteiger partial charge is 0.240 e. The number of nitrogens with zero attached hydrogens (tertiary/aromatic N) is 2. The maximum absolute atomic E-state index is 12.4. The standard InChI is InChI=1S/C26H20ClN5O2S/c27-17-10-12-18(13-11-17)29-23(33)14-22-25(34)31-26(35-22)32-28-15-20-19-8-4-5-9-21(19)30-24(20)16-6-2-1-3-7-16/h1-13,15,22,30H,14H2,(H,29,33)(H,31,32,34)/b28-15-/t22-/m0/s1. The number of anilines is 1. The summed E-state index contributed by atoms with van der Waals surface area (Å²) >= 11 is 7.06. The van der Waals surface area contributed by atoms with Crippen LogP contribution in [-0.2, 0) is 9.59 Å². The first-order valence-corrected chi connectivity index (χ1v) is 12.1. The lowest BCUT2D eigenvalue weighted by Gasteiger charge is -2.07. The van der Waals surface area contributed by atoms with Crippen LogP contribution in [0.4, 0.5) is 5.69 Å². The molecule has 0 unspecified atom stereocenters. The van der Waals surface area contributed by atoms with Crippen LogP contribution in [-0.4, -0.2) is 33.4 Å². The van der Waals surface area contributed by atoms with Crippen molar-refractivity contribution in [3.63, 3.8) is 0 Å². The number of rotatable bonds is 6. The maximum Gasteiger partial charge on any atom is 0.240 e. The van der Waals surface area contributed by atoms with Crippen LogP contribution in [0.2, 0.25) is 5.02 Å². The molecule has 3 N–H and O–H groups in total. The second-order valence-corrected chi connectivity index (χ2v) is 9.46. The first kappa shape index (κ1) is 22.9. The number of H-pyrrole nitrogens is 1. The highest BCUT2D eigenvalue weighted by atomic mass is 35.5. The summed E-state index contributed by atoms with van der Waals surface area (Å²) in [6.45, 7) is 0. The van der Waals surface area contributed by atoms with Gasteiger partial charge in [0.05, 0.1) is 11.9 Å². The molecule has 1 aliphatic rings. The Hall–Kier alpha value is -3.88. The van der Waals surface area contributed by atoms with E-state index >= 15 is 0 Å². The number of amidine groups is 1. The number of aromatic amines is 1.